The fraction of sp³-hybridized carbons (Fsp3) is 0.884. The van der Waals surface area contributed by atoms with Crippen molar-refractivity contribution in [2.75, 3.05) is 20.0 Å². The number of carbonyl (C=O) groups is 1. The minimum Gasteiger partial charge on any atom is -0.457 e. The van der Waals surface area contributed by atoms with Crippen LogP contribution in [0.25, 0.3) is 0 Å². The minimum atomic E-state index is -0.129. The summed E-state index contributed by atoms with van der Waals surface area (Å²) in [4.78, 5) is 12.7. The Hall–Kier alpha value is -2.69. The molecule has 0 bridgehead atoms. The smallest absolute Gasteiger partial charge is 0.314 e. The van der Waals surface area contributed by atoms with E-state index in [1.54, 1.807) is 5.56 Å². The number of benzene rings is 2. The van der Waals surface area contributed by atoms with Gasteiger partial charge in [0.25, 0.3) is 0 Å². The van der Waals surface area contributed by atoms with E-state index in [0.717, 1.165) is 80.3 Å². The summed E-state index contributed by atoms with van der Waals surface area (Å²) in [7, 11) is 0. The molecule has 10 atom stereocenters. The Kier molecular flexibility index (Phi) is 102. The van der Waals surface area contributed by atoms with Gasteiger partial charge in [-0.1, -0.05) is 732 Å². The molecule has 0 N–H and O–H groups in total. The first-order valence-electron chi connectivity index (χ1n) is 69.6. The van der Waals surface area contributed by atoms with Gasteiger partial charge in [0.05, 0.1) is 12.5 Å². The molecule has 0 aromatic heterocycles. The van der Waals surface area contributed by atoms with Crippen molar-refractivity contribution in [1.29, 1.82) is 0 Å². The summed E-state index contributed by atoms with van der Waals surface area (Å²) >= 11 is 0. The van der Waals surface area contributed by atoms with Gasteiger partial charge >= 0.3 is 5.97 Å². The molecule has 3 aliphatic rings. The zero-order valence-electron chi connectivity index (χ0n) is 105. The number of aryl methyl sites for hydroxylation is 3. The normalized spacial score (nSPS) is 16.3. The summed E-state index contributed by atoms with van der Waals surface area (Å²) in [5, 5.41) is 0. The summed E-state index contributed by atoms with van der Waals surface area (Å²) in [6.07, 6.45) is 151. The molecule has 2 aromatic carbocycles. The molecule has 1 aliphatic heterocycles. The van der Waals surface area contributed by atoms with E-state index in [4.69, 9.17) is 14.2 Å². The average molecular weight is 2090 g/mol. The lowest BCUT2D eigenvalue weighted by molar-refractivity contribution is -0.144. The molecule has 4 heteroatoms. The van der Waals surface area contributed by atoms with Crippen LogP contribution in [-0.2, 0) is 38.3 Å². The van der Waals surface area contributed by atoms with Crippen molar-refractivity contribution < 1.29 is 19.0 Å². The van der Waals surface area contributed by atoms with Gasteiger partial charge in [0.1, 0.15) is 12.9 Å². The third kappa shape index (κ3) is 87.2. The van der Waals surface area contributed by atoms with Gasteiger partial charge in [-0.2, -0.15) is 0 Å². The van der Waals surface area contributed by atoms with Crippen LogP contribution in [0.3, 0.4) is 0 Å². The van der Waals surface area contributed by atoms with Gasteiger partial charge in [0, 0.05) is 13.0 Å². The van der Waals surface area contributed by atoms with E-state index in [1.807, 2.05) is 0 Å². The maximum Gasteiger partial charge on any atom is 0.314 e. The molecule has 2 aromatic rings. The molecule has 878 valence electrons. The topological polar surface area (TPSA) is 44.8 Å². The highest BCUT2D eigenvalue weighted by Crippen LogP contribution is 2.40. The van der Waals surface area contributed by atoms with Crippen LogP contribution in [0.15, 0.2) is 65.8 Å². The Morgan fingerprint density at radius 2 is 0.593 bits per heavy atom. The van der Waals surface area contributed by atoms with Gasteiger partial charge in [-0.05, 0) is 154 Å². The molecular formula is C146H270O4. The van der Waals surface area contributed by atoms with Gasteiger partial charge in [-0.25, -0.2) is 0 Å². The Morgan fingerprint density at radius 1 is 0.293 bits per heavy atom. The highest BCUT2D eigenvalue weighted by Gasteiger charge is 2.40. The third-order valence-electron chi connectivity index (χ3n) is 36.5. The van der Waals surface area contributed by atoms with E-state index in [1.165, 1.54) is 669 Å². The van der Waals surface area contributed by atoms with E-state index in [0.29, 0.717) is 12.7 Å². The van der Waals surface area contributed by atoms with Crippen molar-refractivity contribution >= 4 is 5.97 Å². The Balaban J connectivity index is 0.000000693. The van der Waals surface area contributed by atoms with Gasteiger partial charge in [0.15, 0.2) is 0 Å². The van der Waals surface area contributed by atoms with Crippen molar-refractivity contribution in [2.24, 2.45) is 53.3 Å². The number of hydrogen-bond acceptors (Lipinski definition) is 4. The molecule has 10 unspecified atom stereocenters. The molecule has 0 spiro atoms. The number of fused-ring (bicyclic) bond motifs is 1. The summed E-state index contributed by atoms with van der Waals surface area (Å²) in [5.74, 6) is 7.00. The first kappa shape index (κ1) is 141. The van der Waals surface area contributed by atoms with Crippen molar-refractivity contribution in [3.63, 3.8) is 0 Å². The first-order chi connectivity index (χ1) is 73.7. The fourth-order valence-electron chi connectivity index (χ4n) is 25.7. The number of rotatable bonds is 111. The second kappa shape index (κ2) is 108. The lowest BCUT2D eigenvalue weighted by Gasteiger charge is -2.20. The molecule has 5 rings (SSSR count). The average Bonchev–Trinajstić information content (AvgIpc) is 1.65. The molecule has 2 aliphatic carbocycles. The standard InChI is InChI=1S/C74H132O4.C56H114.C16H24/c1-7-9-11-13-15-17-19-21-23-24-26-28-30-32-36-40-44-50-68(54-52-65(4)48-43-39-34-31-29-27-25-22-20-18-16-14-12-10-8-2)62-77-63-76-58-46-49-64(3)47-42-38-35-33-37-41-45-51-70-56-55-69(60-67(70)6)61-72-71-59-66(5)53-57-73(71)78-74(72)75;1-6-9-12-15-17-19-21-23-25-26-28-30-32-34-36-40-45-50-56(51-46-41-37-39-43-48-54(4)47-42-14-11-8-3)53-52-55(5)49-44-38-35-33-31-29-27-24-22-20-18-16-13-10-7-2;1-3-5-15-6-4-7-16(15)12-14-10-8-13(2)9-11-14/h53,55-56,59-60,64-65,68,72-73H,7-52,54,57-58,61-63H2,1-6H3;54-56H,6-53H2,1-5H3;8-11,15-16H,3-7,12H2,1-2H3. The molecule has 0 amide bonds. The fourth-order valence-corrected chi connectivity index (χ4v) is 25.7. The van der Waals surface area contributed by atoms with Crippen LogP contribution in [0.4, 0.5) is 0 Å². The SMILES string of the molecule is CCCC1CCCC1Cc1ccc(C)cc1.CCCCCCCCCCCCCCCCCCCC(CCC(C)CCCCCCCCCCCCCCCCC)COCOCCCC(C)CCCCCCCCCc1ccc(CC2C(=O)OC3CC=C(C)C=C32)cc1C.CCCCCCCCCCCCCCCCCCCC(CCCCCCCC(C)CCCCCC)CCC(C)CCCCCCCCCCCCCCCCC. The van der Waals surface area contributed by atoms with Crippen molar-refractivity contribution in [1.82, 2.24) is 0 Å². The van der Waals surface area contributed by atoms with Crippen LogP contribution in [0.2, 0.25) is 0 Å². The number of allylic oxidation sites excluding steroid dienone is 2. The van der Waals surface area contributed by atoms with Gasteiger partial charge in [-0.15, -0.1) is 0 Å². The van der Waals surface area contributed by atoms with Crippen LogP contribution in [0.5, 0.6) is 0 Å². The van der Waals surface area contributed by atoms with Gasteiger partial charge in [0.2, 0.25) is 0 Å². The summed E-state index contributed by atoms with van der Waals surface area (Å²) in [5.41, 5.74) is 9.42. The molecule has 0 radical (unpaired) electrons. The number of carbonyl (C=O) groups excluding carboxylic acids is 1. The maximum atomic E-state index is 12.7. The lowest BCUT2D eigenvalue weighted by atomic mass is 9.85. The quantitative estimate of drug-likeness (QED) is 0.0376. The molecule has 2 fully saturated rings. The number of ether oxygens (including phenoxy) is 3. The summed E-state index contributed by atoms with van der Waals surface area (Å²) < 4.78 is 18.0. The summed E-state index contributed by atoms with van der Waals surface area (Å²) in [6.45, 7) is 32.7. The predicted molar refractivity (Wildman–Crippen MR) is 672 cm³/mol. The van der Waals surface area contributed by atoms with Crippen LogP contribution in [-0.4, -0.2) is 32.1 Å². The van der Waals surface area contributed by atoms with Crippen LogP contribution in [0, 0.1) is 67.1 Å². The van der Waals surface area contributed by atoms with E-state index in [-0.39, 0.29) is 18.0 Å². The van der Waals surface area contributed by atoms with E-state index in [9.17, 15) is 4.79 Å². The molecule has 1 heterocycles. The second-order valence-electron chi connectivity index (χ2n) is 51.6. The third-order valence-corrected chi connectivity index (χ3v) is 36.5. The monoisotopic (exact) mass is 2090 g/mol. The highest BCUT2D eigenvalue weighted by atomic mass is 16.7. The molecule has 1 saturated carbocycles. The zero-order chi connectivity index (χ0) is 108. The van der Waals surface area contributed by atoms with E-state index < -0.39 is 0 Å². The predicted octanol–water partition coefficient (Wildman–Crippen LogP) is 50.2. The number of unbranched alkanes of at least 4 members (excludes halogenated alkanes) is 73. The van der Waals surface area contributed by atoms with Crippen molar-refractivity contribution in [3.05, 3.63) is 93.6 Å². The summed E-state index contributed by atoms with van der Waals surface area (Å²) in [6, 6.07) is 16.0. The largest absolute Gasteiger partial charge is 0.457 e. The molecule has 4 nitrogen and oxygen atoms in total. The van der Waals surface area contributed by atoms with Crippen molar-refractivity contribution in [2.45, 2.75) is 757 Å². The van der Waals surface area contributed by atoms with Crippen LogP contribution < -0.4 is 0 Å². The first-order valence-corrected chi connectivity index (χ1v) is 69.6. The Morgan fingerprint density at radius 3 is 0.947 bits per heavy atom. The number of hydrogen-bond donors (Lipinski definition) is 0. The highest BCUT2D eigenvalue weighted by molar-refractivity contribution is 5.81. The molecular weight excluding hydrogens is 1820 g/mol. The second-order valence-corrected chi connectivity index (χ2v) is 51.6. The number of esters is 1. The van der Waals surface area contributed by atoms with Gasteiger partial charge in [-0.3, -0.25) is 4.79 Å². The Labute approximate surface area is 943 Å². The maximum absolute atomic E-state index is 12.7. The molecule has 1 saturated heterocycles. The van der Waals surface area contributed by atoms with Crippen LogP contribution >= 0.6 is 0 Å². The minimum absolute atomic E-state index is 0.0453. The van der Waals surface area contributed by atoms with Crippen LogP contribution in [0.1, 0.15) is 746 Å². The van der Waals surface area contributed by atoms with E-state index >= 15 is 0 Å². The van der Waals surface area contributed by atoms with Crippen molar-refractivity contribution in [3.8, 4) is 0 Å². The van der Waals surface area contributed by atoms with Gasteiger partial charge < -0.3 is 14.2 Å². The van der Waals surface area contributed by atoms with E-state index in [2.05, 4.69) is 145 Å². The Bertz CT molecular complexity index is 3150. The molecule has 150 heavy (non-hydrogen) atoms. The lowest BCUT2D eigenvalue weighted by Crippen LogP contribution is -2.14. The zero-order valence-corrected chi connectivity index (χ0v) is 105.